The predicted octanol–water partition coefficient (Wildman–Crippen LogP) is 2.15. The zero-order chi connectivity index (χ0) is 11.1. The van der Waals surface area contributed by atoms with Gasteiger partial charge in [-0.3, -0.25) is 0 Å². The van der Waals surface area contributed by atoms with Gasteiger partial charge in [-0.2, -0.15) is 0 Å². The Bertz CT molecular complexity index is 267. The van der Waals surface area contributed by atoms with Gasteiger partial charge in [0.25, 0.3) is 0 Å². The smallest absolute Gasteiger partial charge is 0.0205 e. The molecule has 0 bridgehead atoms. The molecule has 0 aliphatic rings. The summed E-state index contributed by atoms with van der Waals surface area (Å²) in [5.41, 5.74) is 7.20. The maximum atomic E-state index is 5.57. The van der Waals surface area contributed by atoms with Crippen LogP contribution in [-0.4, -0.2) is 13.1 Å². The Morgan fingerprint density at radius 2 is 1.87 bits per heavy atom. The highest BCUT2D eigenvalue weighted by Gasteiger charge is 2.15. The maximum absolute atomic E-state index is 5.57. The van der Waals surface area contributed by atoms with Gasteiger partial charge in [0.2, 0.25) is 0 Å². The molecule has 0 saturated heterocycles. The number of nitrogens with two attached hydrogens (primary N) is 1. The fraction of sp³-hybridized carbons (Fsp3) is 0.538. The van der Waals surface area contributed by atoms with Crippen molar-refractivity contribution in [3.63, 3.8) is 0 Å². The van der Waals surface area contributed by atoms with E-state index in [-0.39, 0.29) is 0 Å². The third-order valence-corrected chi connectivity index (χ3v) is 2.60. The fourth-order valence-electron chi connectivity index (χ4n) is 1.62. The van der Waals surface area contributed by atoms with Crippen molar-refractivity contribution in [3.8, 4) is 0 Å². The van der Waals surface area contributed by atoms with Crippen molar-refractivity contribution in [1.29, 1.82) is 0 Å². The van der Waals surface area contributed by atoms with Crippen LogP contribution in [-0.2, 0) is 6.54 Å². The molecule has 3 N–H and O–H groups in total. The van der Waals surface area contributed by atoms with E-state index in [0.717, 1.165) is 26.1 Å². The zero-order valence-corrected chi connectivity index (χ0v) is 9.79. The van der Waals surface area contributed by atoms with E-state index in [1.807, 2.05) is 6.07 Å². The van der Waals surface area contributed by atoms with Crippen LogP contribution in [0.3, 0.4) is 0 Å². The molecule has 0 fully saturated rings. The molecule has 15 heavy (non-hydrogen) atoms. The van der Waals surface area contributed by atoms with Crippen molar-refractivity contribution in [2.24, 2.45) is 11.1 Å². The topological polar surface area (TPSA) is 38.0 Å². The molecule has 0 heterocycles. The second kappa shape index (κ2) is 5.89. The van der Waals surface area contributed by atoms with Crippen LogP contribution in [0, 0.1) is 5.41 Å². The van der Waals surface area contributed by atoms with Crippen LogP contribution in [0.1, 0.15) is 25.8 Å². The first-order valence-electron chi connectivity index (χ1n) is 5.59. The molecule has 2 heteroatoms. The van der Waals surface area contributed by atoms with Gasteiger partial charge in [0, 0.05) is 13.1 Å². The molecular weight excluding hydrogens is 184 g/mol. The lowest BCUT2D eigenvalue weighted by Gasteiger charge is -2.24. The third-order valence-electron chi connectivity index (χ3n) is 2.60. The van der Waals surface area contributed by atoms with Crippen LogP contribution >= 0.6 is 0 Å². The lowest BCUT2D eigenvalue weighted by atomic mass is 9.89. The zero-order valence-electron chi connectivity index (χ0n) is 9.79. The van der Waals surface area contributed by atoms with E-state index in [1.165, 1.54) is 5.56 Å². The average Bonchev–Trinajstić information content (AvgIpc) is 2.19. The summed E-state index contributed by atoms with van der Waals surface area (Å²) in [5.74, 6) is 0. The van der Waals surface area contributed by atoms with E-state index in [0.29, 0.717) is 5.41 Å². The van der Waals surface area contributed by atoms with Crippen molar-refractivity contribution in [2.75, 3.05) is 13.1 Å². The molecule has 0 aliphatic heterocycles. The molecule has 0 saturated carbocycles. The van der Waals surface area contributed by atoms with Crippen LogP contribution in [0.5, 0.6) is 0 Å². The fourth-order valence-corrected chi connectivity index (χ4v) is 1.62. The first-order chi connectivity index (χ1) is 7.14. The summed E-state index contributed by atoms with van der Waals surface area (Å²) < 4.78 is 0. The predicted molar refractivity (Wildman–Crippen MR) is 65.6 cm³/mol. The van der Waals surface area contributed by atoms with E-state index in [1.54, 1.807) is 0 Å². The molecule has 0 spiro atoms. The highest BCUT2D eigenvalue weighted by molar-refractivity contribution is 5.14. The van der Waals surface area contributed by atoms with Gasteiger partial charge < -0.3 is 11.1 Å². The Morgan fingerprint density at radius 3 is 2.47 bits per heavy atom. The van der Waals surface area contributed by atoms with Gasteiger partial charge in [0.15, 0.2) is 0 Å². The third kappa shape index (κ3) is 4.96. The van der Waals surface area contributed by atoms with Gasteiger partial charge in [-0.1, -0.05) is 44.2 Å². The summed E-state index contributed by atoms with van der Waals surface area (Å²) in [5, 5.41) is 3.47. The van der Waals surface area contributed by atoms with Crippen LogP contribution < -0.4 is 11.1 Å². The van der Waals surface area contributed by atoms with Gasteiger partial charge in [0.1, 0.15) is 0 Å². The highest BCUT2D eigenvalue weighted by Crippen LogP contribution is 2.17. The van der Waals surface area contributed by atoms with E-state index in [2.05, 4.69) is 43.4 Å². The van der Waals surface area contributed by atoms with Crippen molar-refractivity contribution in [3.05, 3.63) is 35.9 Å². The molecule has 0 aromatic heterocycles. The standard InChI is InChI=1S/C13H22N2/c1-13(2,8-9-14)11-15-10-12-6-4-3-5-7-12/h3-7,15H,8-11,14H2,1-2H3. The Morgan fingerprint density at radius 1 is 1.20 bits per heavy atom. The minimum Gasteiger partial charge on any atom is -0.330 e. The summed E-state index contributed by atoms with van der Waals surface area (Å²) in [6.07, 6.45) is 1.06. The normalized spacial score (nSPS) is 11.7. The van der Waals surface area contributed by atoms with Crippen LogP contribution in [0.2, 0.25) is 0 Å². The molecule has 1 aromatic rings. The van der Waals surface area contributed by atoms with Gasteiger partial charge in [-0.05, 0) is 23.9 Å². The quantitative estimate of drug-likeness (QED) is 0.748. The molecule has 0 aliphatic carbocycles. The van der Waals surface area contributed by atoms with Gasteiger partial charge in [-0.15, -0.1) is 0 Å². The maximum Gasteiger partial charge on any atom is 0.0205 e. The van der Waals surface area contributed by atoms with Crippen molar-refractivity contribution in [1.82, 2.24) is 5.32 Å². The number of nitrogens with one attached hydrogen (secondary N) is 1. The Hall–Kier alpha value is -0.860. The van der Waals surface area contributed by atoms with Gasteiger partial charge in [-0.25, -0.2) is 0 Å². The van der Waals surface area contributed by atoms with Crippen molar-refractivity contribution in [2.45, 2.75) is 26.8 Å². The Labute approximate surface area is 92.9 Å². The number of hydrogen-bond acceptors (Lipinski definition) is 2. The summed E-state index contributed by atoms with van der Waals surface area (Å²) >= 11 is 0. The molecule has 1 rings (SSSR count). The van der Waals surface area contributed by atoms with Crippen LogP contribution in [0.15, 0.2) is 30.3 Å². The van der Waals surface area contributed by atoms with Crippen molar-refractivity contribution >= 4 is 0 Å². The summed E-state index contributed by atoms with van der Waals surface area (Å²) in [6, 6.07) is 10.5. The molecular formula is C13H22N2. The summed E-state index contributed by atoms with van der Waals surface area (Å²) in [4.78, 5) is 0. The van der Waals surface area contributed by atoms with E-state index < -0.39 is 0 Å². The first kappa shape index (κ1) is 12.2. The molecule has 0 radical (unpaired) electrons. The average molecular weight is 206 g/mol. The second-order valence-corrected chi connectivity index (χ2v) is 4.79. The minimum absolute atomic E-state index is 0.295. The Balaban J connectivity index is 2.27. The monoisotopic (exact) mass is 206 g/mol. The molecule has 2 nitrogen and oxygen atoms in total. The van der Waals surface area contributed by atoms with Crippen LogP contribution in [0.25, 0.3) is 0 Å². The van der Waals surface area contributed by atoms with Gasteiger partial charge in [0.05, 0.1) is 0 Å². The van der Waals surface area contributed by atoms with E-state index >= 15 is 0 Å². The van der Waals surface area contributed by atoms with E-state index in [4.69, 9.17) is 5.73 Å². The lowest BCUT2D eigenvalue weighted by molar-refractivity contribution is 0.319. The second-order valence-electron chi connectivity index (χ2n) is 4.79. The molecule has 0 amide bonds. The first-order valence-corrected chi connectivity index (χ1v) is 5.59. The van der Waals surface area contributed by atoms with Crippen molar-refractivity contribution < 1.29 is 0 Å². The van der Waals surface area contributed by atoms with E-state index in [9.17, 15) is 0 Å². The largest absolute Gasteiger partial charge is 0.330 e. The number of rotatable bonds is 6. The minimum atomic E-state index is 0.295. The molecule has 0 unspecified atom stereocenters. The number of hydrogen-bond donors (Lipinski definition) is 2. The molecule has 0 atom stereocenters. The summed E-state index contributed by atoms with van der Waals surface area (Å²) in [7, 11) is 0. The van der Waals surface area contributed by atoms with Crippen LogP contribution in [0.4, 0.5) is 0 Å². The molecule has 1 aromatic carbocycles. The number of benzene rings is 1. The highest BCUT2D eigenvalue weighted by atomic mass is 14.9. The summed E-state index contributed by atoms with van der Waals surface area (Å²) in [6.45, 7) is 7.21. The van der Waals surface area contributed by atoms with Gasteiger partial charge >= 0.3 is 0 Å². The SMILES string of the molecule is CC(C)(CCN)CNCc1ccccc1. The Kier molecular flexibility index (Phi) is 4.79. The lowest BCUT2D eigenvalue weighted by Crippen LogP contribution is -2.30. The molecule has 84 valence electrons.